The summed E-state index contributed by atoms with van der Waals surface area (Å²) in [5.41, 5.74) is 1.88. The van der Waals surface area contributed by atoms with Crippen LogP contribution < -0.4 is 19.5 Å². The summed E-state index contributed by atoms with van der Waals surface area (Å²) in [6.45, 7) is 1.01. The molecule has 8 heteroatoms. The fraction of sp³-hybridized carbons (Fsp3) is 0.174. The number of anilines is 2. The highest BCUT2D eigenvalue weighted by atomic mass is 32.2. The molecule has 3 aromatic rings. The van der Waals surface area contributed by atoms with E-state index in [9.17, 15) is 13.2 Å². The number of ether oxygens (including phenoxy) is 2. The van der Waals surface area contributed by atoms with E-state index in [-0.39, 0.29) is 17.2 Å². The van der Waals surface area contributed by atoms with Crippen molar-refractivity contribution in [2.45, 2.75) is 17.7 Å². The zero-order valence-corrected chi connectivity index (χ0v) is 17.5. The number of hydrogen-bond donors (Lipinski definition) is 2. The third-order valence-corrected chi connectivity index (χ3v) is 6.04. The van der Waals surface area contributed by atoms with Crippen LogP contribution in [0.25, 0.3) is 0 Å². The van der Waals surface area contributed by atoms with E-state index in [1.807, 2.05) is 30.3 Å². The van der Waals surface area contributed by atoms with Gasteiger partial charge in [0.1, 0.15) is 0 Å². The molecule has 7 nitrogen and oxygen atoms in total. The van der Waals surface area contributed by atoms with Crippen molar-refractivity contribution in [3.8, 4) is 11.5 Å². The number of sulfonamides is 1. The number of rotatable bonds is 6. The molecule has 0 atom stereocenters. The van der Waals surface area contributed by atoms with Gasteiger partial charge in [-0.3, -0.25) is 9.52 Å². The van der Waals surface area contributed by atoms with Crippen molar-refractivity contribution in [1.29, 1.82) is 0 Å². The number of fused-ring (bicyclic) bond motifs is 1. The van der Waals surface area contributed by atoms with Crippen LogP contribution in [-0.4, -0.2) is 27.5 Å². The molecular formula is C23H22N2O5S. The van der Waals surface area contributed by atoms with Gasteiger partial charge in [-0.25, -0.2) is 8.42 Å². The standard InChI is InChI=1S/C23H22N2O5S/c26-23(15-17-5-2-1-3-6-17)24-18-7-9-19(10-8-18)25-31(27,28)20-11-12-21-22(16-20)30-14-4-13-29-21/h1-3,5-12,16,25H,4,13-15H2,(H,24,26). The lowest BCUT2D eigenvalue weighted by atomic mass is 10.1. The summed E-state index contributed by atoms with van der Waals surface area (Å²) in [5, 5.41) is 2.81. The van der Waals surface area contributed by atoms with Crippen LogP contribution in [0.3, 0.4) is 0 Å². The Balaban J connectivity index is 1.41. The maximum absolute atomic E-state index is 12.8. The summed E-state index contributed by atoms with van der Waals surface area (Å²) in [4.78, 5) is 12.3. The average Bonchev–Trinajstić information content (AvgIpc) is 3.00. The summed E-state index contributed by atoms with van der Waals surface area (Å²) < 4.78 is 39.2. The highest BCUT2D eigenvalue weighted by molar-refractivity contribution is 7.92. The molecule has 2 N–H and O–H groups in total. The summed E-state index contributed by atoms with van der Waals surface area (Å²) >= 11 is 0. The van der Waals surface area contributed by atoms with Crippen molar-refractivity contribution in [2.24, 2.45) is 0 Å². The lowest BCUT2D eigenvalue weighted by molar-refractivity contribution is -0.115. The molecule has 3 aromatic carbocycles. The van der Waals surface area contributed by atoms with Gasteiger partial charge >= 0.3 is 0 Å². The Kier molecular flexibility index (Phi) is 6.08. The minimum absolute atomic E-state index is 0.0805. The monoisotopic (exact) mass is 438 g/mol. The molecule has 0 bridgehead atoms. The van der Waals surface area contributed by atoms with Crippen molar-refractivity contribution < 1.29 is 22.7 Å². The second-order valence-electron chi connectivity index (χ2n) is 7.05. The first-order valence-corrected chi connectivity index (χ1v) is 11.3. The summed E-state index contributed by atoms with van der Waals surface area (Å²) in [5.74, 6) is 0.802. The maximum Gasteiger partial charge on any atom is 0.262 e. The largest absolute Gasteiger partial charge is 0.490 e. The highest BCUT2D eigenvalue weighted by Crippen LogP contribution is 2.32. The molecule has 0 aliphatic carbocycles. The van der Waals surface area contributed by atoms with Crippen LogP contribution in [0, 0.1) is 0 Å². The molecular weight excluding hydrogens is 416 g/mol. The van der Waals surface area contributed by atoms with Gasteiger partial charge in [-0.1, -0.05) is 30.3 Å². The number of benzene rings is 3. The Morgan fingerprint density at radius 1 is 0.839 bits per heavy atom. The van der Waals surface area contributed by atoms with E-state index in [1.165, 1.54) is 12.1 Å². The van der Waals surface area contributed by atoms with Crippen LogP contribution in [0.15, 0.2) is 77.7 Å². The number of amides is 1. The molecule has 4 rings (SSSR count). The van der Waals surface area contributed by atoms with Crippen LogP contribution in [0.1, 0.15) is 12.0 Å². The van der Waals surface area contributed by atoms with Crippen LogP contribution in [0.2, 0.25) is 0 Å². The molecule has 0 aromatic heterocycles. The third kappa shape index (κ3) is 5.35. The molecule has 1 amide bonds. The zero-order valence-electron chi connectivity index (χ0n) is 16.7. The number of nitrogens with one attached hydrogen (secondary N) is 2. The fourth-order valence-electron chi connectivity index (χ4n) is 3.13. The molecule has 0 saturated carbocycles. The van der Waals surface area contributed by atoms with Gasteiger partial charge in [-0.2, -0.15) is 0 Å². The van der Waals surface area contributed by atoms with E-state index in [1.54, 1.807) is 30.3 Å². The van der Waals surface area contributed by atoms with Crippen molar-refractivity contribution in [1.82, 2.24) is 0 Å². The molecule has 160 valence electrons. The van der Waals surface area contributed by atoms with Crippen LogP contribution >= 0.6 is 0 Å². The van der Waals surface area contributed by atoms with Gasteiger partial charge in [0.15, 0.2) is 11.5 Å². The molecule has 1 aliphatic rings. The Labute approximate surface area is 181 Å². The topological polar surface area (TPSA) is 93.7 Å². The molecule has 0 fully saturated rings. The average molecular weight is 439 g/mol. The number of carbonyl (C=O) groups is 1. The second-order valence-corrected chi connectivity index (χ2v) is 8.73. The third-order valence-electron chi connectivity index (χ3n) is 4.66. The molecule has 0 unspecified atom stereocenters. The van der Waals surface area contributed by atoms with Gasteiger partial charge in [0.25, 0.3) is 10.0 Å². The second kappa shape index (κ2) is 9.09. The van der Waals surface area contributed by atoms with Crippen LogP contribution in [0.4, 0.5) is 11.4 Å². The first-order chi connectivity index (χ1) is 15.0. The molecule has 1 heterocycles. The Hall–Kier alpha value is -3.52. The first kappa shape index (κ1) is 20.7. The normalized spacial score (nSPS) is 13.2. The quantitative estimate of drug-likeness (QED) is 0.610. The number of carbonyl (C=O) groups excluding carboxylic acids is 1. The summed E-state index contributed by atoms with van der Waals surface area (Å²) in [6, 6.07) is 20.5. The van der Waals surface area contributed by atoms with E-state index in [0.29, 0.717) is 36.1 Å². The molecule has 1 aliphatic heterocycles. The zero-order chi connectivity index (χ0) is 21.7. The van der Waals surface area contributed by atoms with E-state index >= 15 is 0 Å². The Morgan fingerprint density at radius 3 is 2.26 bits per heavy atom. The number of hydrogen-bond acceptors (Lipinski definition) is 5. The van der Waals surface area contributed by atoms with Gasteiger partial charge < -0.3 is 14.8 Å². The van der Waals surface area contributed by atoms with Crippen molar-refractivity contribution >= 4 is 27.3 Å². The Morgan fingerprint density at radius 2 is 1.52 bits per heavy atom. The van der Waals surface area contributed by atoms with E-state index in [2.05, 4.69) is 10.0 Å². The maximum atomic E-state index is 12.8. The molecule has 0 spiro atoms. The SMILES string of the molecule is O=C(Cc1ccccc1)Nc1ccc(NS(=O)(=O)c2ccc3c(c2)OCCCO3)cc1. The summed E-state index contributed by atoms with van der Waals surface area (Å²) in [7, 11) is -3.81. The van der Waals surface area contributed by atoms with E-state index in [4.69, 9.17) is 9.47 Å². The van der Waals surface area contributed by atoms with Gasteiger partial charge in [0.2, 0.25) is 5.91 Å². The van der Waals surface area contributed by atoms with Crippen LogP contribution in [-0.2, 0) is 21.2 Å². The van der Waals surface area contributed by atoms with Crippen LogP contribution in [0.5, 0.6) is 11.5 Å². The van der Waals surface area contributed by atoms with Crippen molar-refractivity contribution in [3.05, 3.63) is 78.4 Å². The predicted molar refractivity (Wildman–Crippen MR) is 118 cm³/mol. The van der Waals surface area contributed by atoms with E-state index in [0.717, 1.165) is 12.0 Å². The van der Waals surface area contributed by atoms with Gasteiger partial charge in [0, 0.05) is 23.9 Å². The molecule has 31 heavy (non-hydrogen) atoms. The molecule has 0 saturated heterocycles. The van der Waals surface area contributed by atoms with Gasteiger partial charge in [0.05, 0.1) is 24.5 Å². The van der Waals surface area contributed by atoms with Crippen molar-refractivity contribution in [2.75, 3.05) is 23.3 Å². The lowest BCUT2D eigenvalue weighted by Crippen LogP contribution is -2.15. The minimum atomic E-state index is -3.81. The van der Waals surface area contributed by atoms with Gasteiger partial charge in [-0.15, -0.1) is 0 Å². The highest BCUT2D eigenvalue weighted by Gasteiger charge is 2.19. The van der Waals surface area contributed by atoms with E-state index < -0.39 is 10.0 Å². The molecule has 0 radical (unpaired) electrons. The summed E-state index contributed by atoms with van der Waals surface area (Å²) in [6.07, 6.45) is 1.00. The Bertz CT molecular complexity index is 1160. The minimum Gasteiger partial charge on any atom is -0.490 e. The van der Waals surface area contributed by atoms with Crippen molar-refractivity contribution in [3.63, 3.8) is 0 Å². The predicted octanol–water partition coefficient (Wildman–Crippen LogP) is 3.83. The fourth-order valence-corrected chi connectivity index (χ4v) is 4.21. The first-order valence-electron chi connectivity index (χ1n) is 9.86. The smallest absolute Gasteiger partial charge is 0.262 e. The lowest BCUT2D eigenvalue weighted by Gasteiger charge is -2.12. The van der Waals surface area contributed by atoms with Gasteiger partial charge in [-0.05, 0) is 42.0 Å².